The summed E-state index contributed by atoms with van der Waals surface area (Å²) in [6.07, 6.45) is 3.27. The molecule has 1 N–H and O–H groups in total. The number of hydrogen-bond acceptors (Lipinski definition) is 6. The number of aryl methyl sites for hydroxylation is 2. The summed E-state index contributed by atoms with van der Waals surface area (Å²) in [5.74, 6) is 1.29. The molecule has 1 aromatic carbocycles. The predicted octanol–water partition coefficient (Wildman–Crippen LogP) is 2.40. The Balaban J connectivity index is 1.46. The largest absolute Gasteiger partial charge is 0.483 e. The molecule has 2 aromatic rings. The van der Waals surface area contributed by atoms with Crippen LogP contribution < -0.4 is 10.4 Å². The molecule has 0 spiro atoms. The van der Waals surface area contributed by atoms with Gasteiger partial charge in [-0.05, 0) is 69.2 Å². The summed E-state index contributed by atoms with van der Waals surface area (Å²) in [6.45, 7) is 8.78. The number of nitrogens with zero attached hydrogens (tertiary/aromatic N) is 2. The molecule has 1 atom stereocenters. The van der Waals surface area contributed by atoms with Crippen LogP contribution in [0.2, 0.25) is 0 Å². The van der Waals surface area contributed by atoms with E-state index in [0.717, 1.165) is 35.5 Å². The van der Waals surface area contributed by atoms with E-state index in [2.05, 4.69) is 4.90 Å². The fourth-order valence-electron chi connectivity index (χ4n) is 4.45. The lowest BCUT2D eigenvalue weighted by Crippen LogP contribution is -2.56. The molecule has 7 heteroatoms. The zero-order valence-corrected chi connectivity index (χ0v) is 18.6. The molecule has 2 fully saturated rings. The number of carbonyl (C=O) groups excluding carboxylic acids is 1. The Morgan fingerprint density at radius 1 is 1.19 bits per heavy atom. The zero-order valence-electron chi connectivity index (χ0n) is 18.6. The minimum absolute atomic E-state index is 0.0598. The normalized spacial score (nSPS) is 19.7. The van der Waals surface area contributed by atoms with E-state index in [-0.39, 0.29) is 30.8 Å². The Bertz CT molecular complexity index is 1030. The quantitative estimate of drug-likeness (QED) is 0.682. The Labute approximate surface area is 182 Å². The van der Waals surface area contributed by atoms with E-state index < -0.39 is 0 Å². The first-order valence-electron chi connectivity index (χ1n) is 11.2. The fourth-order valence-corrected chi connectivity index (χ4v) is 4.45. The SMILES string of the molecule is Cc1cc(OCC(=O)N2CCN(CC3CC3)C(CCO)C2)c2c(C)c(C)c(=O)oc2c1. The second kappa shape index (κ2) is 9.01. The van der Waals surface area contributed by atoms with Crippen molar-refractivity contribution in [2.24, 2.45) is 5.92 Å². The van der Waals surface area contributed by atoms with E-state index in [4.69, 9.17) is 9.15 Å². The van der Waals surface area contributed by atoms with Crippen LogP contribution in [0.15, 0.2) is 21.3 Å². The van der Waals surface area contributed by atoms with Crippen LogP contribution in [0, 0.1) is 26.7 Å². The summed E-state index contributed by atoms with van der Waals surface area (Å²) in [5, 5.41) is 10.2. The smallest absolute Gasteiger partial charge is 0.339 e. The van der Waals surface area contributed by atoms with Gasteiger partial charge in [-0.2, -0.15) is 0 Å². The van der Waals surface area contributed by atoms with E-state index >= 15 is 0 Å². The summed E-state index contributed by atoms with van der Waals surface area (Å²) in [7, 11) is 0. The van der Waals surface area contributed by atoms with Gasteiger partial charge in [0.15, 0.2) is 6.61 Å². The van der Waals surface area contributed by atoms with Crippen LogP contribution in [0.1, 0.15) is 36.0 Å². The highest BCUT2D eigenvalue weighted by molar-refractivity contribution is 5.88. The Kier molecular flexibility index (Phi) is 6.34. The Hall–Kier alpha value is -2.38. The maximum absolute atomic E-state index is 12.9. The van der Waals surface area contributed by atoms with Gasteiger partial charge in [-0.3, -0.25) is 9.69 Å². The molecule has 168 valence electrons. The molecular formula is C24H32N2O5. The van der Waals surface area contributed by atoms with Crippen LogP contribution in [-0.2, 0) is 4.79 Å². The van der Waals surface area contributed by atoms with Crippen LogP contribution in [0.4, 0.5) is 0 Å². The molecule has 1 amide bonds. The molecule has 1 aromatic heterocycles. The second-order valence-corrected chi connectivity index (χ2v) is 9.01. The van der Waals surface area contributed by atoms with Crippen molar-refractivity contribution in [2.45, 2.75) is 46.1 Å². The van der Waals surface area contributed by atoms with Gasteiger partial charge in [0, 0.05) is 44.4 Å². The molecular weight excluding hydrogens is 396 g/mol. The first kappa shape index (κ1) is 21.8. The number of ether oxygens (including phenoxy) is 1. The molecule has 1 saturated carbocycles. The first-order chi connectivity index (χ1) is 14.9. The fraction of sp³-hybridized carbons (Fsp3) is 0.583. The molecule has 0 bridgehead atoms. The average molecular weight is 429 g/mol. The Morgan fingerprint density at radius 3 is 2.68 bits per heavy atom. The number of rotatable bonds is 7. The third kappa shape index (κ3) is 4.77. The van der Waals surface area contributed by atoms with Gasteiger partial charge in [-0.1, -0.05) is 0 Å². The minimum Gasteiger partial charge on any atom is -0.483 e. The molecule has 1 saturated heterocycles. The van der Waals surface area contributed by atoms with E-state index in [1.54, 1.807) is 6.92 Å². The van der Waals surface area contributed by atoms with E-state index in [0.29, 0.717) is 36.4 Å². The number of aliphatic hydroxyl groups is 1. The molecule has 1 aliphatic carbocycles. The predicted molar refractivity (Wildman–Crippen MR) is 119 cm³/mol. The number of aliphatic hydroxyl groups excluding tert-OH is 1. The zero-order chi connectivity index (χ0) is 22.1. The molecule has 31 heavy (non-hydrogen) atoms. The molecule has 1 aliphatic heterocycles. The summed E-state index contributed by atoms with van der Waals surface area (Å²) in [5.41, 5.74) is 2.39. The number of fused-ring (bicyclic) bond motifs is 1. The number of hydrogen-bond donors (Lipinski definition) is 1. The van der Waals surface area contributed by atoms with Crippen molar-refractivity contribution in [1.29, 1.82) is 0 Å². The van der Waals surface area contributed by atoms with Crippen LogP contribution in [-0.4, -0.2) is 66.2 Å². The van der Waals surface area contributed by atoms with Gasteiger partial charge in [0.1, 0.15) is 11.3 Å². The molecule has 1 unspecified atom stereocenters. The number of piperazine rings is 1. The van der Waals surface area contributed by atoms with E-state index in [9.17, 15) is 14.7 Å². The third-order valence-corrected chi connectivity index (χ3v) is 6.62. The van der Waals surface area contributed by atoms with Crippen molar-refractivity contribution in [3.05, 3.63) is 39.2 Å². The van der Waals surface area contributed by atoms with Crippen LogP contribution in [0.25, 0.3) is 11.0 Å². The highest BCUT2D eigenvalue weighted by atomic mass is 16.5. The maximum Gasteiger partial charge on any atom is 0.339 e. The highest BCUT2D eigenvalue weighted by Crippen LogP contribution is 2.32. The van der Waals surface area contributed by atoms with Crippen molar-refractivity contribution < 1.29 is 19.1 Å². The lowest BCUT2D eigenvalue weighted by atomic mass is 10.0. The summed E-state index contributed by atoms with van der Waals surface area (Å²) < 4.78 is 11.4. The molecule has 2 heterocycles. The van der Waals surface area contributed by atoms with Gasteiger partial charge in [-0.25, -0.2) is 4.79 Å². The molecule has 4 rings (SSSR count). The van der Waals surface area contributed by atoms with Gasteiger partial charge >= 0.3 is 5.63 Å². The van der Waals surface area contributed by atoms with Crippen LogP contribution in [0.3, 0.4) is 0 Å². The van der Waals surface area contributed by atoms with Gasteiger partial charge < -0.3 is 19.2 Å². The number of carbonyl (C=O) groups is 1. The standard InChI is InChI=1S/C24H32N2O5/c1-15-10-20(23-16(2)17(3)24(29)31-21(23)11-15)30-14-22(28)26-8-7-25(12-18-4-5-18)19(13-26)6-9-27/h10-11,18-19,27H,4-9,12-14H2,1-3H3. The van der Waals surface area contributed by atoms with E-state index in [1.807, 2.05) is 30.9 Å². The van der Waals surface area contributed by atoms with Gasteiger partial charge in [0.2, 0.25) is 0 Å². The van der Waals surface area contributed by atoms with Crippen molar-refractivity contribution >= 4 is 16.9 Å². The average Bonchev–Trinajstić information content (AvgIpc) is 3.55. The van der Waals surface area contributed by atoms with Gasteiger partial charge in [-0.15, -0.1) is 0 Å². The summed E-state index contributed by atoms with van der Waals surface area (Å²) in [6, 6.07) is 3.89. The van der Waals surface area contributed by atoms with E-state index in [1.165, 1.54) is 12.8 Å². The number of benzene rings is 1. The Morgan fingerprint density at radius 2 is 1.97 bits per heavy atom. The second-order valence-electron chi connectivity index (χ2n) is 9.01. The maximum atomic E-state index is 12.9. The van der Waals surface area contributed by atoms with Crippen molar-refractivity contribution in [1.82, 2.24) is 9.80 Å². The highest BCUT2D eigenvalue weighted by Gasteiger charge is 2.33. The number of amides is 1. The van der Waals surface area contributed by atoms with Crippen LogP contribution in [0.5, 0.6) is 5.75 Å². The minimum atomic E-state index is -0.350. The van der Waals surface area contributed by atoms with Crippen molar-refractivity contribution in [2.75, 3.05) is 39.4 Å². The first-order valence-corrected chi connectivity index (χ1v) is 11.2. The van der Waals surface area contributed by atoms with Gasteiger partial charge in [0.25, 0.3) is 5.91 Å². The topological polar surface area (TPSA) is 83.2 Å². The monoisotopic (exact) mass is 428 g/mol. The molecule has 2 aliphatic rings. The van der Waals surface area contributed by atoms with Crippen LogP contribution >= 0.6 is 0 Å². The van der Waals surface area contributed by atoms with Crippen molar-refractivity contribution in [3.8, 4) is 5.75 Å². The lowest BCUT2D eigenvalue weighted by molar-refractivity contribution is -0.136. The molecule has 0 radical (unpaired) electrons. The summed E-state index contributed by atoms with van der Waals surface area (Å²) >= 11 is 0. The molecule has 7 nitrogen and oxygen atoms in total. The summed E-state index contributed by atoms with van der Waals surface area (Å²) in [4.78, 5) is 29.3. The third-order valence-electron chi connectivity index (χ3n) is 6.62. The van der Waals surface area contributed by atoms with Crippen molar-refractivity contribution in [3.63, 3.8) is 0 Å². The van der Waals surface area contributed by atoms with Gasteiger partial charge in [0.05, 0.1) is 5.39 Å². The lowest BCUT2D eigenvalue weighted by Gasteiger charge is -2.41.